The number of nitrogens with zero attached hydrogens (tertiary/aromatic N) is 2. The van der Waals surface area contributed by atoms with Crippen molar-refractivity contribution >= 4 is 5.76 Å². The van der Waals surface area contributed by atoms with Gasteiger partial charge >= 0.3 is 18.9 Å². The molecule has 1 rings (SSSR count). The van der Waals surface area contributed by atoms with Gasteiger partial charge in [0.25, 0.3) is 0 Å². The van der Waals surface area contributed by atoms with Crippen LogP contribution in [-0.2, 0) is 0 Å². The SMILES string of the molecule is C=C([O-])c1c(C)cc(C)cc1C.CN(C)CCN(C)C.[Li+]. The van der Waals surface area contributed by atoms with E-state index < -0.39 is 0 Å². The van der Waals surface area contributed by atoms with Crippen molar-refractivity contribution in [3.05, 3.63) is 41.0 Å². The third kappa shape index (κ3) is 9.76. The molecule has 1 aromatic rings. The fourth-order valence-electron chi connectivity index (χ4n) is 2.02. The summed E-state index contributed by atoms with van der Waals surface area (Å²) in [6.07, 6.45) is 0. The first-order valence-corrected chi connectivity index (χ1v) is 6.88. The van der Waals surface area contributed by atoms with Crippen LogP contribution in [-0.4, -0.2) is 51.1 Å². The molecule has 0 saturated carbocycles. The molecular formula is C17H29LiN2O. The quantitative estimate of drug-likeness (QED) is 0.528. The Morgan fingerprint density at radius 3 is 1.52 bits per heavy atom. The van der Waals surface area contributed by atoms with E-state index in [2.05, 4.69) is 44.6 Å². The first-order chi connectivity index (χ1) is 9.15. The van der Waals surface area contributed by atoms with Crippen LogP contribution in [0.15, 0.2) is 18.7 Å². The molecule has 21 heavy (non-hydrogen) atoms. The van der Waals surface area contributed by atoms with Gasteiger partial charge in [-0.25, -0.2) is 0 Å². The molecule has 0 aromatic heterocycles. The molecule has 0 aliphatic carbocycles. The summed E-state index contributed by atoms with van der Waals surface area (Å²) in [4.78, 5) is 4.36. The summed E-state index contributed by atoms with van der Waals surface area (Å²) in [5.41, 5.74) is 4.00. The molecule has 0 atom stereocenters. The molecule has 3 nitrogen and oxygen atoms in total. The monoisotopic (exact) mass is 284 g/mol. The van der Waals surface area contributed by atoms with E-state index in [9.17, 15) is 5.11 Å². The Morgan fingerprint density at radius 2 is 1.29 bits per heavy atom. The fraction of sp³-hybridized carbons (Fsp3) is 0.529. The number of aryl methyl sites for hydroxylation is 3. The second-order valence-corrected chi connectivity index (χ2v) is 5.80. The van der Waals surface area contributed by atoms with Crippen molar-refractivity contribution < 1.29 is 24.0 Å². The van der Waals surface area contributed by atoms with Crippen LogP contribution in [0.25, 0.3) is 5.76 Å². The van der Waals surface area contributed by atoms with E-state index in [1.807, 2.05) is 32.9 Å². The molecule has 0 saturated heterocycles. The molecule has 0 fully saturated rings. The zero-order valence-corrected chi connectivity index (χ0v) is 15.1. The number of benzene rings is 1. The first-order valence-electron chi connectivity index (χ1n) is 6.88. The van der Waals surface area contributed by atoms with Crippen LogP contribution in [0.5, 0.6) is 0 Å². The van der Waals surface area contributed by atoms with Crippen molar-refractivity contribution in [1.82, 2.24) is 9.80 Å². The Bertz CT molecular complexity index is 411. The standard InChI is InChI=1S/C11H14O.C6H16N2.Li/c1-7-5-8(2)11(10(4)12)9(3)6-7;1-7(2)5-6-8(3)4;/h5-6,12H,4H2,1-3H3;5-6H2,1-4H3;/q;;+1/p-1. The molecule has 0 aliphatic heterocycles. The number of hydrogen-bond donors (Lipinski definition) is 0. The van der Waals surface area contributed by atoms with E-state index in [1.165, 1.54) is 5.56 Å². The first kappa shape index (κ1) is 22.6. The minimum atomic E-state index is -0.0926. The van der Waals surface area contributed by atoms with E-state index in [1.54, 1.807) is 0 Å². The van der Waals surface area contributed by atoms with Crippen LogP contribution < -0.4 is 24.0 Å². The van der Waals surface area contributed by atoms with Crippen LogP contribution in [0.4, 0.5) is 0 Å². The van der Waals surface area contributed by atoms with Gasteiger partial charge in [0, 0.05) is 13.1 Å². The van der Waals surface area contributed by atoms with Crippen molar-refractivity contribution in [2.24, 2.45) is 0 Å². The van der Waals surface area contributed by atoms with Gasteiger partial charge in [-0.15, -0.1) is 12.3 Å². The van der Waals surface area contributed by atoms with Crippen LogP contribution in [0.2, 0.25) is 0 Å². The van der Waals surface area contributed by atoms with E-state index >= 15 is 0 Å². The van der Waals surface area contributed by atoms with E-state index in [0.29, 0.717) is 0 Å². The van der Waals surface area contributed by atoms with Crippen LogP contribution in [0, 0.1) is 20.8 Å². The summed E-state index contributed by atoms with van der Waals surface area (Å²) < 4.78 is 0. The summed E-state index contributed by atoms with van der Waals surface area (Å²) in [6, 6.07) is 4.01. The zero-order chi connectivity index (χ0) is 15.9. The molecule has 0 aliphatic rings. The maximum absolute atomic E-state index is 11.1. The maximum Gasteiger partial charge on any atom is 1.00 e. The van der Waals surface area contributed by atoms with Crippen LogP contribution in [0.3, 0.4) is 0 Å². The molecular weight excluding hydrogens is 255 g/mol. The van der Waals surface area contributed by atoms with Gasteiger partial charge in [-0.3, -0.25) is 0 Å². The van der Waals surface area contributed by atoms with E-state index in [-0.39, 0.29) is 24.6 Å². The maximum atomic E-state index is 11.1. The molecule has 0 unspecified atom stereocenters. The molecule has 114 valence electrons. The van der Waals surface area contributed by atoms with Gasteiger partial charge in [0.1, 0.15) is 0 Å². The molecule has 0 radical (unpaired) electrons. The van der Waals surface area contributed by atoms with Crippen molar-refractivity contribution in [2.45, 2.75) is 20.8 Å². The number of rotatable bonds is 4. The molecule has 1 aromatic carbocycles. The Balaban J connectivity index is 0. The van der Waals surface area contributed by atoms with Gasteiger partial charge < -0.3 is 14.9 Å². The third-order valence-electron chi connectivity index (χ3n) is 2.95. The van der Waals surface area contributed by atoms with Gasteiger partial charge in [-0.05, 0) is 65.7 Å². The van der Waals surface area contributed by atoms with Crippen molar-refractivity contribution in [3.63, 3.8) is 0 Å². The Morgan fingerprint density at radius 1 is 0.952 bits per heavy atom. The predicted octanol–water partition coefficient (Wildman–Crippen LogP) is -0.944. The van der Waals surface area contributed by atoms with Crippen LogP contribution >= 0.6 is 0 Å². The normalized spacial score (nSPS) is 9.95. The molecule has 0 amide bonds. The van der Waals surface area contributed by atoms with E-state index in [0.717, 1.165) is 29.8 Å². The average molecular weight is 284 g/mol. The van der Waals surface area contributed by atoms with Crippen LogP contribution in [0.1, 0.15) is 22.3 Å². The Labute approximate surface area is 142 Å². The van der Waals surface area contributed by atoms with Gasteiger partial charge in [-0.2, -0.15) is 0 Å². The van der Waals surface area contributed by atoms with Gasteiger partial charge in [0.05, 0.1) is 0 Å². The Hall–Kier alpha value is -0.723. The van der Waals surface area contributed by atoms with Gasteiger partial charge in [0.15, 0.2) is 0 Å². The molecule has 0 heterocycles. The topological polar surface area (TPSA) is 29.5 Å². The second-order valence-electron chi connectivity index (χ2n) is 5.80. The molecule has 0 N–H and O–H groups in total. The fourth-order valence-corrected chi connectivity index (χ4v) is 2.02. The van der Waals surface area contributed by atoms with Gasteiger partial charge in [0.2, 0.25) is 0 Å². The zero-order valence-electron chi connectivity index (χ0n) is 15.1. The summed E-state index contributed by atoms with van der Waals surface area (Å²) >= 11 is 0. The largest absolute Gasteiger partial charge is 1.00 e. The summed E-state index contributed by atoms with van der Waals surface area (Å²) in [5.74, 6) is -0.0926. The minimum absolute atomic E-state index is 0. The van der Waals surface area contributed by atoms with Crippen molar-refractivity contribution in [3.8, 4) is 0 Å². The third-order valence-corrected chi connectivity index (χ3v) is 2.95. The minimum Gasteiger partial charge on any atom is -0.872 e. The number of likely N-dealkylation sites (N-methyl/N-ethyl adjacent to an activating group) is 2. The summed E-state index contributed by atoms with van der Waals surface area (Å²) in [6.45, 7) is 11.6. The summed E-state index contributed by atoms with van der Waals surface area (Å²) in [5, 5.41) is 11.1. The summed E-state index contributed by atoms with van der Waals surface area (Å²) in [7, 11) is 8.35. The average Bonchev–Trinajstić information content (AvgIpc) is 2.25. The van der Waals surface area contributed by atoms with E-state index in [4.69, 9.17) is 0 Å². The molecule has 4 heteroatoms. The predicted molar refractivity (Wildman–Crippen MR) is 86.8 cm³/mol. The smallest absolute Gasteiger partial charge is 0.872 e. The molecule has 0 bridgehead atoms. The number of hydrogen-bond acceptors (Lipinski definition) is 3. The Kier molecular flexibility index (Phi) is 11.7. The second kappa shape index (κ2) is 10.9. The van der Waals surface area contributed by atoms with Gasteiger partial charge in [-0.1, -0.05) is 17.7 Å². The van der Waals surface area contributed by atoms with Crippen molar-refractivity contribution in [2.75, 3.05) is 41.3 Å². The molecule has 0 spiro atoms. The van der Waals surface area contributed by atoms with Crippen molar-refractivity contribution in [1.29, 1.82) is 0 Å².